The van der Waals surface area contributed by atoms with Crippen LogP contribution in [0.3, 0.4) is 0 Å². The van der Waals surface area contributed by atoms with E-state index in [9.17, 15) is 9.59 Å². The van der Waals surface area contributed by atoms with Crippen molar-refractivity contribution >= 4 is 12.1 Å². The molecule has 0 aromatic carbocycles. The van der Waals surface area contributed by atoms with E-state index in [2.05, 4.69) is 19.2 Å². The Kier molecular flexibility index (Phi) is 5.20. The standard InChI is InChI=1S/C14H25NO4/c1-9(2)8-10(11-6-7-12(16)18-11)15-13(17)19-14(3,4)5/h9-11H,6-8H2,1-5H3,(H,15,17)/t10-,11-/m0/s1. The predicted molar refractivity (Wildman–Crippen MR) is 71.7 cm³/mol. The molecule has 0 radical (unpaired) electrons. The second kappa shape index (κ2) is 6.26. The van der Waals surface area contributed by atoms with Crippen LogP contribution in [0.25, 0.3) is 0 Å². The summed E-state index contributed by atoms with van der Waals surface area (Å²) in [6, 6.07) is -0.179. The molecule has 1 fully saturated rings. The first-order chi connectivity index (χ1) is 8.67. The highest BCUT2D eigenvalue weighted by Crippen LogP contribution is 2.22. The fourth-order valence-electron chi connectivity index (χ4n) is 2.10. The molecule has 1 heterocycles. The fraction of sp³-hybridized carbons (Fsp3) is 0.857. The number of hydrogen-bond acceptors (Lipinski definition) is 4. The second-order valence-electron chi connectivity index (χ2n) is 6.45. The van der Waals surface area contributed by atoms with Crippen LogP contribution in [-0.2, 0) is 14.3 Å². The van der Waals surface area contributed by atoms with E-state index in [-0.39, 0.29) is 18.1 Å². The lowest BCUT2D eigenvalue weighted by Crippen LogP contribution is -2.46. The van der Waals surface area contributed by atoms with Crippen molar-refractivity contribution in [3.63, 3.8) is 0 Å². The Morgan fingerprint density at radius 1 is 1.47 bits per heavy atom. The van der Waals surface area contributed by atoms with Gasteiger partial charge in [-0.3, -0.25) is 4.79 Å². The molecule has 1 N–H and O–H groups in total. The monoisotopic (exact) mass is 271 g/mol. The molecule has 0 saturated carbocycles. The van der Waals surface area contributed by atoms with E-state index in [0.29, 0.717) is 18.8 Å². The molecular formula is C14H25NO4. The van der Waals surface area contributed by atoms with Gasteiger partial charge in [0.15, 0.2) is 0 Å². The third-order valence-corrected chi connectivity index (χ3v) is 2.79. The Balaban J connectivity index is 2.59. The van der Waals surface area contributed by atoms with Crippen molar-refractivity contribution in [2.75, 3.05) is 0 Å². The Morgan fingerprint density at radius 2 is 2.11 bits per heavy atom. The van der Waals surface area contributed by atoms with Gasteiger partial charge in [-0.25, -0.2) is 4.79 Å². The van der Waals surface area contributed by atoms with E-state index >= 15 is 0 Å². The number of amides is 1. The largest absolute Gasteiger partial charge is 0.460 e. The zero-order valence-corrected chi connectivity index (χ0v) is 12.5. The molecule has 1 saturated heterocycles. The zero-order valence-electron chi connectivity index (χ0n) is 12.5. The number of carbonyl (C=O) groups is 2. The van der Waals surface area contributed by atoms with Crippen molar-refractivity contribution in [1.82, 2.24) is 5.32 Å². The summed E-state index contributed by atoms with van der Waals surface area (Å²) in [6.45, 7) is 9.60. The molecule has 0 unspecified atom stereocenters. The topological polar surface area (TPSA) is 64.6 Å². The van der Waals surface area contributed by atoms with E-state index < -0.39 is 11.7 Å². The van der Waals surface area contributed by atoms with Crippen LogP contribution in [0.1, 0.15) is 53.9 Å². The molecule has 0 aliphatic carbocycles. The van der Waals surface area contributed by atoms with Crippen molar-refractivity contribution < 1.29 is 19.1 Å². The lowest BCUT2D eigenvalue weighted by atomic mass is 9.97. The molecule has 1 rings (SSSR count). The SMILES string of the molecule is CC(C)C[C@H](NC(=O)OC(C)(C)C)[C@@H]1CCC(=O)O1. The van der Waals surface area contributed by atoms with E-state index in [1.165, 1.54) is 0 Å². The van der Waals surface area contributed by atoms with Crippen LogP contribution >= 0.6 is 0 Å². The van der Waals surface area contributed by atoms with E-state index in [0.717, 1.165) is 6.42 Å². The van der Waals surface area contributed by atoms with Crippen molar-refractivity contribution in [2.24, 2.45) is 5.92 Å². The minimum atomic E-state index is -0.529. The first-order valence-corrected chi connectivity index (χ1v) is 6.86. The molecule has 2 atom stereocenters. The molecule has 0 aromatic rings. The van der Waals surface area contributed by atoms with Crippen LogP contribution in [0.5, 0.6) is 0 Å². The minimum absolute atomic E-state index is 0.179. The number of nitrogens with one attached hydrogen (secondary N) is 1. The number of rotatable bonds is 4. The molecule has 19 heavy (non-hydrogen) atoms. The summed E-state index contributed by atoms with van der Waals surface area (Å²) >= 11 is 0. The van der Waals surface area contributed by atoms with Crippen LogP contribution < -0.4 is 5.32 Å². The van der Waals surface area contributed by atoms with Gasteiger partial charge in [0.25, 0.3) is 0 Å². The van der Waals surface area contributed by atoms with Crippen LogP contribution in [0.2, 0.25) is 0 Å². The highest BCUT2D eigenvalue weighted by atomic mass is 16.6. The van der Waals surface area contributed by atoms with Gasteiger partial charge in [0.1, 0.15) is 11.7 Å². The zero-order chi connectivity index (χ0) is 14.6. The quantitative estimate of drug-likeness (QED) is 0.798. The summed E-state index contributed by atoms with van der Waals surface area (Å²) in [4.78, 5) is 23.0. The average Bonchev–Trinajstić information content (AvgIpc) is 2.60. The first kappa shape index (κ1) is 15.8. The Morgan fingerprint density at radius 3 is 2.53 bits per heavy atom. The number of carbonyl (C=O) groups excluding carboxylic acids is 2. The molecule has 1 aliphatic rings. The van der Waals surface area contributed by atoms with Crippen LogP contribution in [0.15, 0.2) is 0 Å². The Bertz CT molecular complexity index is 333. The third-order valence-electron chi connectivity index (χ3n) is 2.79. The van der Waals surface area contributed by atoms with Gasteiger partial charge in [-0.05, 0) is 39.5 Å². The van der Waals surface area contributed by atoms with Crippen molar-refractivity contribution in [1.29, 1.82) is 0 Å². The van der Waals surface area contributed by atoms with Crippen molar-refractivity contribution in [3.05, 3.63) is 0 Å². The van der Waals surface area contributed by atoms with Gasteiger partial charge < -0.3 is 14.8 Å². The maximum atomic E-state index is 11.8. The van der Waals surface area contributed by atoms with Gasteiger partial charge in [-0.1, -0.05) is 13.8 Å². The van der Waals surface area contributed by atoms with E-state index in [1.807, 2.05) is 20.8 Å². The lowest BCUT2D eigenvalue weighted by Gasteiger charge is -2.27. The summed E-state index contributed by atoms with van der Waals surface area (Å²) < 4.78 is 10.5. The molecule has 110 valence electrons. The number of ether oxygens (including phenoxy) is 2. The van der Waals surface area contributed by atoms with Crippen LogP contribution in [-0.4, -0.2) is 29.8 Å². The average molecular weight is 271 g/mol. The first-order valence-electron chi connectivity index (χ1n) is 6.86. The normalized spacial score (nSPS) is 21.2. The lowest BCUT2D eigenvalue weighted by molar-refractivity contribution is -0.142. The minimum Gasteiger partial charge on any atom is -0.460 e. The summed E-state index contributed by atoms with van der Waals surface area (Å²) in [6.07, 6.45) is 1.15. The summed E-state index contributed by atoms with van der Waals surface area (Å²) in [5, 5.41) is 2.83. The molecule has 5 nitrogen and oxygen atoms in total. The summed E-state index contributed by atoms with van der Waals surface area (Å²) in [5.41, 5.74) is -0.529. The molecular weight excluding hydrogens is 246 g/mol. The summed E-state index contributed by atoms with van der Waals surface area (Å²) in [5.74, 6) is 0.212. The van der Waals surface area contributed by atoms with Crippen LogP contribution in [0, 0.1) is 5.92 Å². The summed E-state index contributed by atoms with van der Waals surface area (Å²) in [7, 11) is 0. The molecule has 1 amide bonds. The highest BCUT2D eigenvalue weighted by Gasteiger charge is 2.33. The Labute approximate surface area is 115 Å². The van der Waals surface area contributed by atoms with E-state index in [1.54, 1.807) is 0 Å². The number of hydrogen-bond donors (Lipinski definition) is 1. The highest BCUT2D eigenvalue weighted by molar-refractivity contribution is 5.72. The van der Waals surface area contributed by atoms with Gasteiger partial charge in [0.2, 0.25) is 0 Å². The van der Waals surface area contributed by atoms with Gasteiger partial charge >= 0.3 is 12.1 Å². The number of cyclic esters (lactones) is 1. The second-order valence-corrected chi connectivity index (χ2v) is 6.45. The number of esters is 1. The van der Waals surface area contributed by atoms with Crippen molar-refractivity contribution in [2.45, 2.75) is 71.6 Å². The molecule has 0 spiro atoms. The molecule has 1 aliphatic heterocycles. The maximum absolute atomic E-state index is 11.8. The third kappa shape index (κ3) is 5.94. The molecule has 5 heteroatoms. The maximum Gasteiger partial charge on any atom is 0.408 e. The van der Waals surface area contributed by atoms with Crippen molar-refractivity contribution in [3.8, 4) is 0 Å². The molecule has 0 bridgehead atoms. The fourth-order valence-corrected chi connectivity index (χ4v) is 2.10. The predicted octanol–water partition coefficient (Wildman–Crippen LogP) is 2.63. The number of alkyl carbamates (subject to hydrolysis) is 1. The van der Waals surface area contributed by atoms with E-state index in [4.69, 9.17) is 9.47 Å². The van der Waals surface area contributed by atoms with Gasteiger partial charge in [-0.2, -0.15) is 0 Å². The Hall–Kier alpha value is -1.26. The van der Waals surface area contributed by atoms with Gasteiger partial charge in [-0.15, -0.1) is 0 Å². The van der Waals surface area contributed by atoms with Gasteiger partial charge in [0, 0.05) is 6.42 Å². The van der Waals surface area contributed by atoms with Crippen LogP contribution in [0.4, 0.5) is 4.79 Å². The smallest absolute Gasteiger partial charge is 0.408 e. The molecule has 0 aromatic heterocycles. The van der Waals surface area contributed by atoms with Gasteiger partial charge in [0.05, 0.1) is 6.04 Å².